The Balaban J connectivity index is 1.74. The molecule has 1 amide bonds. The van der Waals surface area contributed by atoms with Gasteiger partial charge >= 0.3 is 0 Å². The van der Waals surface area contributed by atoms with Crippen LogP contribution in [0.25, 0.3) is 17.1 Å². The van der Waals surface area contributed by atoms with Crippen molar-refractivity contribution in [2.24, 2.45) is 0 Å². The Morgan fingerprint density at radius 1 is 1.30 bits per heavy atom. The maximum atomic E-state index is 12.9. The predicted molar refractivity (Wildman–Crippen MR) is 96.3 cm³/mol. The SMILES string of the molecule is O=C(c1cc(-c2ccco2)n(-c2ccc(Cl)cc2)n1)N(CC(F)F)C1CC1. The molecule has 4 rings (SSSR count). The van der Waals surface area contributed by atoms with Gasteiger partial charge in [-0.05, 0) is 49.2 Å². The van der Waals surface area contributed by atoms with Crippen molar-refractivity contribution in [3.05, 3.63) is 59.4 Å². The molecule has 0 bridgehead atoms. The van der Waals surface area contributed by atoms with Gasteiger partial charge in [0, 0.05) is 17.1 Å². The number of carbonyl (C=O) groups is 1. The molecule has 1 aliphatic carbocycles. The lowest BCUT2D eigenvalue weighted by Crippen LogP contribution is -2.37. The number of carbonyl (C=O) groups excluding carboxylic acids is 1. The quantitative estimate of drug-likeness (QED) is 0.614. The molecule has 2 aromatic heterocycles. The van der Waals surface area contributed by atoms with E-state index in [0.29, 0.717) is 22.2 Å². The minimum Gasteiger partial charge on any atom is -0.463 e. The molecule has 3 aromatic rings. The van der Waals surface area contributed by atoms with Crippen molar-refractivity contribution in [3.63, 3.8) is 0 Å². The van der Waals surface area contributed by atoms with Crippen LogP contribution in [0.4, 0.5) is 8.78 Å². The summed E-state index contributed by atoms with van der Waals surface area (Å²) in [6, 6.07) is 11.8. The molecule has 27 heavy (non-hydrogen) atoms. The summed E-state index contributed by atoms with van der Waals surface area (Å²) in [6.07, 6.45) is 0.406. The van der Waals surface area contributed by atoms with Gasteiger partial charge in [-0.2, -0.15) is 5.10 Å². The third-order valence-corrected chi connectivity index (χ3v) is 4.61. The van der Waals surface area contributed by atoms with Gasteiger partial charge < -0.3 is 9.32 Å². The number of amides is 1. The van der Waals surface area contributed by atoms with Gasteiger partial charge in [-0.15, -0.1) is 0 Å². The van der Waals surface area contributed by atoms with Crippen molar-refractivity contribution >= 4 is 17.5 Å². The Morgan fingerprint density at radius 3 is 2.63 bits per heavy atom. The fraction of sp³-hybridized carbons (Fsp3) is 0.263. The van der Waals surface area contributed by atoms with Crippen LogP contribution in [0.1, 0.15) is 23.3 Å². The van der Waals surface area contributed by atoms with E-state index in [9.17, 15) is 13.6 Å². The first-order valence-corrected chi connectivity index (χ1v) is 8.89. The van der Waals surface area contributed by atoms with Crippen LogP contribution < -0.4 is 0 Å². The molecule has 8 heteroatoms. The Labute approximate surface area is 159 Å². The van der Waals surface area contributed by atoms with E-state index in [4.69, 9.17) is 16.0 Å². The number of halogens is 3. The summed E-state index contributed by atoms with van der Waals surface area (Å²) in [4.78, 5) is 14.1. The van der Waals surface area contributed by atoms with Gasteiger partial charge in [0.1, 0.15) is 5.69 Å². The second kappa shape index (κ2) is 7.15. The molecule has 0 atom stereocenters. The average Bonchev–Trinajstić information content (AvgIpc) is 3.16. The number of furan rings is 1. The molecule has 1 fully saturated rings. The highest BCUT2D eigenvalue weighted by molar-refractivity contribution is 6.30. The number of hydrogen-bond acceptors (Lipinski definition) is 3. The van der Waals surface area contributed by atoms with Gasteiger partial charge in [0.25, 0.3) is 12.3 Å². The minimum atomic E-state index is -2.59. The van der Waals surface area contributed by atoms with Crippen molar-refractivity contribution in [1.82, 2.24) is 14.7 Å². The summed E-state index contributed by atoms with van der Waals surface area (Å²) in [5.74, 6) is 0.0154. The van der Waals surface area contributed by atoms with E-state index in [1.165, 1.54) is 11.2 Å². The number of alkyl halides is 2. The molecule has 0 spiro atoms. The van der Waals surface area contributed by atoms with Gasteiger partial charge in [-0.25, -0.2) is 13.5 Å². The van der Waals surface area contributed by atoms with Crippen LogP contribution in [0.5, 0.6) is 0 Å². The summed E-state index contributed by atoms with van der Waals surface area (Å²) < 4.78 is 32.8. The Hall–Kier alpha value is -2.67. The first kappa shape index (κ1) is 17.7. The maximum Gasteiger partial charge on any atom is 0.274 e. The van der Waals surface area contributed by atoms with Gasteiger partial charge in [0.05, 0.1) is 18.5 Å². The van der Waals surface area contributed by atoms with Crippen molar-refractivity contribution in [2.75, 3.05) is 6.54 Å². The van der Waals surface area contributed by atoms with Crippen LogP contribution >= 0.6 is 11.6 Å². The monoisotopic (exact) mass is 391 g/mol. The number of benzene rings is 1. The lowest BCUT2D eigenvalue weighted by Gasteiger charge is -2.20. The Morgan fingerprint density at radius 2 is 2.04 bits per heavy atom. The van der Waals surface area contributed by atoms with E-state index in [1.54, 1.807) is 47.1 Å². The van der Waals surface area contributed by atoms with E-state index in [1.807, 2.05) is 0 Å². The van der Waals surface area contributed by atoms with Crippen molar-refractivity contribution in [2.45, 2.75) is 25.3 Å². The zero-order valence-electron chi connectivity index (χ0n) is 14.2. The molecule has 5 nitrogen and oxygen atoms in total. The van der Waals surface area contributed by atoms with Gasteiger partial charge in [-0.1, -0.05) is 11.6 Å². The Kier molecular flexibility index (Phi) is 4.70. The third-order valence-electron chi connectivity index (χ3n) is 4.36. The fourth-order valence-electron chi connectivity index (χ4n) is 2.94. The molecular formula is C19H16ClF2N3O2. The summed E-state index contributed by atoms with van der Waals surface area (Å²) in [7, 11) is 0. The standard InChI is InChI=1S/C19H16ClF2N3O2/c20-12-3-5-14(6-4-12)25-16(17-2-1-9-27-17)10-15(23-25)19(26)24(11-18(21)22)13-7-8-13/h1-6,9-10,13,18H,7-8,11H2. The second-order valence-electron chi connectivity index (χ2n) is 6.36. The van der Waals surface area contributed by atoms with Crippen molar-refractivity contribution in [3.8, 4) is 17.1 Å². The molecule has 0 radical (unpaired) electrons. The highest BCUT2D eigenvalue weighted by Crippen LogP contribution is 2.30. The molecule has 0 saturated heterocycles. The summed E-state index contributed by atoms with van der Waals surface area (Å²) in [5, 5.41) is 4.95. The van der Waals surface area contributed by atoms with Gasteiger partial charge in [-0.3, -0.25) is 4.79 Å². The summed E-state index contributed by atoms with van der Waals surface area (Å²) in [6.45, 7) is -0.590. The molecule has 0 N–H and O–H groups in total. The topological polar surface area (TPSA) is 51.3 Å². The second-order valence-corrected chi connectivity index (χ2v) is 6.80. The molecule has 140 valence electrons. The molecular weight excluding hydrogens is 376 g/mol. The molecule has 1 aliphatic rings. The number of aromatic nitrogens is 2. The number of nitrogens with zero attached hydrogens (tertiary/aromatic N) is 3. The third kappa shape index (κ3) is 3.73. The Bertz CT molecular complexity index is 935. The first-order valence-electron chi connectivity index (χ1n) is 8.52. The highest BCUT2D eigenvalue weighted by Gasteiger charge is 2.36. The predicted octanol–water partition coefficient (Wildman–Crippen LogP) is 4.66. The molecule has 2 heterocycles. The smallest absolute Gasteiger partial charge is 0.274 e. The van der Waals surface area contributed by atoms with Crippen LogP contribution in [0.3, 0.4) is 0 Å². The number of rotatable bonds is 6. The minimum absolute atomic E-state index is 0.101. The largest absolute Gasteiger partial charge is 0.463 e. The lowest BCUT2D eigenvalue weighted by atomic mass is 10.2. The van der Waals surface area contributed by atoms with E-state index in [2.05, 4.69) is 5.10 Å². The van der Waals surface area contributed by atoms with E-state index >= 15 is 0 Å². The molecule has 1 saturated carbocycles. The van der Waals surface area contributed by atoms with E-state index in [0.717, 1.165) is 12.8 Å². The van der Waals surface area contributed by atoms with Crippen molar-refractivity contribution in [1.29, 1.82) is 0 Å². The number of hydrogen-bond donors (Lipinski definition) is 0. The van der Waals surface area contributed by atoms with Crippen molar-refractivity contribution < 1.29 is 18.0 Å². The van der Waals surface area contributed by atoms with E-state index in [-0.39, 0.29) is 11.7 Å². The van der Waals surface area contributed by atoms with Crippen LogP contribution in [0.2, 0.25) is 5.02 Å². The maximum absolute atomic E-state index is 12.9. The van der Waals surface area contributed by atoms with Gasteiger partial charge in [0.2, 0.25) is 0 Å². The summed E-state index contributed by atoms with van der Waals surface area (Å²) in [5.41, 5.74) is 1.33. The van der Waals surface area contributed by atoms with Crippen LogP contribution in [-0.2, 0) is 0 Å². The first-order chi connectivity index (χ1) is 13.0. The molecule has 1 aromatic carbocycles. The van der Waals surface area contributed by atoms with Crippen LogP contribution in [-0.4, -0.2) is 39.6 Å². The van der Waals surface area contributed by atoms with Gasteiger partial charge in [0.15, 0.2) is 11.5 Å². The fourth-order valence-corrected chi connectivity index (χ4v) is 3.07. The zero-order chi connectivity index (χ0) is 19.0. The average molecular weight is 392 g/mol. The van der Waals surface area contributed by atoms with Crippen LogP contribution in [0, 0.1) is 0 Å². The summed E-state index contributed by atoms with van der Waals surface area (Å²) >= 11 is 5.95. The molecule has 0 aliphatic heterocycles. The van der Waals surface area contributed by atoms with E-state index < -0.39 is 18.9 Å². The lowest BCUT2D eigenvalue weighted by molar-refractivity contribution is 0.0529. The van der Waals surface area contributed by atoms with Crippen LogP contribution in [0.15, 0.2) is 53.1 Å². The normalized spacial score (nSPS) is 13.9. The molecule has 0 unspecified atom stereocenters. The highest BCUT2D eigenvalue weighted by atomic mass is 35.5. The zero-order valence-corrected chi connectivity index (χ0v) is 14.9.